The molecule has 1 fully saturated rings. The van der Waals surface area contributed by atoms with Gasteiger partial charge in [0.15, 0.2) is 0 Å². The van der Waals surface area contributed by atoms with Crippen LogP contribution in [0.15, 0.2) is 24.3 Å². The van der Waals surface area contributed by atoms with Crippen molar-refractivity contribution in [1.82, 2.24) is 0 Å². The van der Waals surface area contributed by atoms with Crippen molar-refractivity contribution in [3.05, 3.63) is 29.3 Å². The van der Waals surface area contributed by atoms with Crippen LogP contribution >= 0.6 is 11.6 Å². The van der Waals surface area contributed by atoms with Gasteiger partial charge in [-0.2, -0.15) is 0 Å². The Morgan fingerprint density at radius 2 is 1.67 bits per heavy atom. The van der Waals surface area contributed by atoms with E-state index in [0.29, 0.717) is 18.1 Å². The molecule has 0 bridgehead atoms. The van der Waals surface area contributed by atoms with Crippen LogP contribution in [0.4, 0.5) is 0 Å². The van der Waals surface area contributed by atoms with E-state index in [9.17, 15) is 0 Å². The second kappa shape index (κ2) is 6.17. The number of rotatable bonds is 5. The molecular weight excluding hydrogens is 288 g/mol. The highest BCUT2D eigenvalue weighted by atomic mass is 35.5. The number of hydrogen-bond acceptors (Lipinski definition) is 4. The number of nitrogens with two attached hydrogens (primary N) is 1. The molecule has 1 aromatic rings. The van der Waals surface area contributed by atoms with Gasteiger partial charge in [0.05, 0.1) is 17.8 Å². The van der Waals surface area contributed by atoms with Gasteiger partial charge >= 0.3 is 7.12 Å². The minimum absolute atomic E-state index is 0.224. The van der Waals surface area contributed by atoms with Gasteiger partial charge in [0.25, 0.3) is 0 Å². The zero-order valence-corrected chi connectivity index (χ0v) is 13.8. The van der Waals surface area contributed by atoms with Gasteiger partial charge in [0, 0.05) is 11.0 Å². The van der Waals surface area contributed by atoms with E-state index >= 15 is 0 Å². The first kappa shape index (κ1) is 16.6. The molecule has 1 aliphatic rings. The lowest BCUT2D eigenvalue weighted by Crippen LogP contribution is -2.42. The summed E-state index contributed by atoms with van der Waals surface area (Å²) in [5, 5.41) is 0.691. The fourth-order valence-corrected chi connectivity index (χ4v) is 2.17. The fourth-order valence-electron chi connectivity index (χ4n) is 2.04. The van der Waals surface area contributed by atoms with Crippen LogP contribution in [0.3, 0.4) is 0 Å². The Morgan fingerprint density at radius 1 is 1.14 bits per heavy atom. The molecule has 116 valence electrons. The van der Waals surface area contributed by atoms with Crippen molar-refractivity contribution < 1.29 is 14.0 Å². The molecule has 0 aromatic heterocycles. The molecule has 4 nitrogen and oxygen atoms in total. The monoisotopic (exact) mass is 311 g/mol. The van der Waals surface area contributed by atoms with Crippen molar-refractivity contribution in [1.29, 1.82) is 0 Å². The molecule has 1 saturated heterocycles. The van der Waals surface area contributed by atoms with Gasteiger partial charge < -0.3 is 19.8 Å². The smallest absolute Gasteiger partial charge is 0.475 e. The lowest BCUT2D eigenvalue weighted by atomic mass is 9.77. The van der Waals surface area contributed by atoms with Crippen molar-refractivity contribution in [3.63, 3.8) is 0 Å². The maximum Gasteiger partial charge on any atom is 0.475 e. The zero-order valence-electron chi connectivity index (χ0n) is 13.1. The maximum atomic E-state index is 6.16. The second-order valence-electron chi connectivity index (χ2n) is 6.38. The standard InChI is InChI=1S/C15H23BClNO3/c1-14(2)15(3,4)21-16(20-14)13(18)9-10-19-12-7-5-11(17)6-8-12/h5-8,13H,9-10,18H2,1-4H3/t13-/m0/s1. The minimum atomic E-state index is -0.399. The van der Waals surface area contributed by atoms with Crippen LogP contribution in [-0.4, -0.2) is 30.9 Å². The summed E-state index contributed by atoms with van der Waals surface area (Å²) in [7, 11) is -0.399. The van der Waals surface area contributed by atoms with Crippen LogP contribution in [0.2, 0.25) is 5.02 Å². The van der Waals surface area contributed by atoms with Crippen LogP contribution in [0.1, 0.15) is 34.1 Å². The molecule has 2 rings (SSSR count). The van der Waals surface area contributed by atoms with E-state index in [1.165, 1.54) is 0 Å². The highest BCUT2D eigenvalue weighted by Crippen LogP contribution is 2.37. The Morgan fingerprint density at radius 3 is 2.19 bits per heavy atom. The van der Waals surface area contributed by atoms with Crippen LogP contribution in [0.25, 0.3) is 0 Å². The molecule has 0 spiro atoms. The molecule has 21 heavy (non-hydrogen) atoms. The van der Waals surface area contributed by atoms with Crippen molar-refractivity contribution in [2.45, 2.75) is 51.3 Å². The lowest BCUT2D eigenvalue weighted by molar-refractivity contribution is 0.00578. The topological polar surface area (TPSA) is 53.7 Å². The Labute approximate surface area is 132 Å². The second-order valence-corrected chi connectivity index (χ2v) is 6.82. The number of halogens is 1. The lowest BCUT2D eigenvalue weighted by Gasteiger charge is -2.32. The highest BCUT2D eigenvalue weighted by molar-refractivity contribution is 6.47. The maximum absolute atomic E-state index is 6.16. The fraction of sp³-hybridized carbons (Fsp3) is 0.600. The predicted octanol–water partition coefficient (Wildman–Crippen LogP) is 3.07. The Bertz CT molecular complexity index is 462. The largest absolute Gasteiger partial charge is 0.494 e. The van der Waals surface area contributed by atoms with Crippen LogP contribution in [-0.2, 0) is 9.31 Å². The van der Waals surface area contributed by atoms with E-state index in [2.05, 4.69) is 0 Å². The van der Waals surface area contributed by atoms with E-state index < -0.39 is 7.12 Å². The third-order valence-corrected chi connectivity index (χ3v) is 4.41. The quantitative estimate of drug-likeness (QED) is 0.849. The first-order valence-electron chi connectivity index (χ1n) is 7.21. The van der Waals surface area contributed by atoms with E-state index in [1.54, 1.807) is 12.1 Å². The van der Waals surface area contributed by atoms with Crippen LogP contribution in [0.5, 0.6) is 5.75 Å². The molecule has 1 aromatic carbocycles. The summed E-state index contributed by atoms with van der Waals surface area (Å²) in [4.78, 5) is 0. The molecule has 2 N–H and O–H groups in total. The molecule has 6 heteroatoms. The van der Waals surface area contributed by atoms with Crippen LogP contribution < -0.4 is 10.5 Å². The Balaban J connectivity index is 1.80. The van der Waals surface area contributed by atoms with Crippen molar-refractivity contribution in [2.24, 2.45) is 5.73 Å². The number of hydrogen-bond donors (Lipinski definition) is 1. The van der Waals surface area contributed by atoms with Gasteiger partial charge in [-0.05, 0) is 58.4 Å². The van der Waals surface area contributed by atoms with Gasteiger partial charge in [0.2, 0.25) is 0 Å². The van der Waals surface area contributed by atoms with Gasteiger partial charge in [-0.25, -0.2) is 0 Å². The van der Waals surface area contributed by atoms with Crippen LogP contribution in [0, 0.1) is 0 Å². The van der Waals surface area contributed by atoms with E-state index in [-0.39, 0.29) is 17.1 Å². The molecule has 1 heterocycles. The zero-order chi connectivity index (χ0) is 15.7. The average Bonchev–Trinajstić information content (AvgIpc) is 2.61. The van der Waals surface area contributed by atoms with Gasteiger partial charge in [-0.3, -0.25) is 0 Å². The summed E-state index contributed by atoms with van der Waals surface area (Å²) in [6.07, 6.45) is 0.652. The Hall–Kier alpha value is -0.745. The third-order valence-electron chi connectivity index (χ3n) is 4.15. The molecule has 0 saturated carbocycles. The first-order chi connectivity index (χ1) is 9.71. The summed E-state index contributed by atoms with van der Waals surface area (Å²) in [5.41, 5.74) is 5.45. The summed E-state index contributed by atoms with van der Waals surface area (Å²) in [6, 6.07) is 7.27. The predicted molar refractivity (Wildman–Crippen MR) is 85.6 cm³/mol. The molecule has 1 aliphatic heterocycles. The molecule has 0 aliphatic carbocycles. The van der Waals surface area contributed by atoms with Gasteiger partial charge in [-0.15, -0.1) is 0 Å². The molecular formula is C15H23BClNO3. The summed E-state index contributed by atoms with van der Waals surface area (Å²) >= 11 is 5.83. The van der Waals surface area contributed by atoms with E-state index in [1.807, 2.05) is 39.8 Å². The van der Waals surface area contributed by atoms with Crippen molar-refractivity contribution >= 4 is 18.7 Å². The average molecular weight is 312 g/mol. The molecule has 1 atom stereocenters. The summed E-state index contributed by atoms with van der Waals surface area (Å²) in [5.74, 6) is 0.555. The third kappa shape index (κ3) is 3.92. The molecule has 0 radical (unpaired) electrons. The SMILES string of the molecule is CC1(C)OB([C@@H](N)CCOc2ccc(Cl)cc2)OC1(C)C. The van der Waals surface area contributed by atoms with Gasteiger partial charge in [0.1, 0.15) is 5.75 Å². The number of ether oxygens (including phenoxy) is 1. The number of benzene rings is 1. The molecule has 0 amide bonds. The summed E-state index contributed by atoms with van der Waals surface area (Å²) < 4.78 is 17.5. The first-order valence-corrected chi connectivity index (χ1v) is 7.59. The van der Waals surface area contributed by atoms with Crippen molar-refractivity contribution in [2.75, 3.05) is 6.61 Å². The van der Waals surface area contributed by atoms with E-state index in [4.69, 9.17) is 31.4 Å². The Kier molecular flexibility index (Phi) is 4.88. The van der Waals surface area contributed by atoms with E-state index in [0.717, 1.165) is 5.75 Å². The normalized spacial score (nSPS) is 21.3. The highest BCUT2D eigenvalue weighted by Gasteiger charge is 2.52. The minimum Gasteiger partial charge on any atom is -0.494 e. The van der Waals surface area contributed by atoms with Gasteiger partial charge in [-0.1, -0.05) is 11.6 Å². The summed E-state index contributed by atoms with van der Waals surface area (Å²) in [6.45, 7) is 8.58. The van der Waals surface area contributed by atoms with Crippen molar-refractivity contribution in [3.8, 4) is 5.75 Å². The molecule has 0 unspecified atom stereocenters.